The van der Waals surface area contributed by atoms with Gasteiger partial charge in [-0.25, -0.2) is 0 Å². The van der Waals surface area contributed by atoms with Crippen molar-refractivity contribution in [1.29, 1.82) is 0 Å². The average molecular weight is 389 g/mol. The first-order chi connectivity index (χ1) is 14.0. The second kappa shape index (κ2) is 7.93. The van der Waals surface area contributed by atoms with Crippen LogP contribution >= 0.6 is 0 Å². The lowest BCUT2D eigenvalue weighted by Gasteiger charge is -2.32. The summed E-state index contributed by atoms with van der Waals surface area (Å²) >= 11 is 0. The molecule has 3 aromatic carbocycles. The summed E-state index contributed by atoms with van der Waals surface area (Å²) in [6, 6.07) is 22.4. The van der Waals surface area contributed by atoms with E-state index in [-0.39, 0.29) is 22.5 Å². The largest absolute Gasteiger partial charge is 0.508 e. The predicted molar refractivity (Wildman–Crippen MR) is 113 cm³/mol. The fourth-order valence-electron chi connectivity index (χ4n) is 4.02. The Kier molecular flexibility index (Phi) is 5.18. The Morgan fingerprint density at radius 2 is 1.79 bits per heavy atom. The molecule has 6 nitrogen and oxygen atoms in total. The molecule has 1 unspecified atom stereocenters. The highest BCUT2D eigenvalue weighted by Gasteiger charge is 2.37. The van der Waals surface area contributed by atoms with Gasteiger partial charge in [-0.3, -0.25) is 15.0 Å². The third kappa shape index (κ3) is 3.79. The Labute approximate surface area is 169 Å². The number of hydrogen-bond donors (Lipinski definition) is 1. The van der Waals surface area contributed by atoms with Crippen LogP contribution < -0.4 is 4.90 Å². The zero-order valence-electron chi connectivity index (χ0n) is 16.2. The molecule has 1 saturated heterocycles. The van der Waals surface area contributed by atoms with Crippen molar-refractivity contribution in [2.75, 3.05) is 18.0 Å². The number of nitro benzene ring substituents is 1. The minimum atomic E-state index is -0.319. The summed E-state index contributed by atoms with van der Waals surface area (Å²) in [5.41, 5.74) is 3.75. The van der Waals surface area contributed by atoms with E-state index in [0.717, 1.165) is 29.9 Å². The number of hydrogen-bond acceptors (Lipinski definition) is 5. The van der Waals surface area contributed by atoms with Crippen molar-refractivity contribution in [3.63, 3.8) is 0 Å². The van der Waals surface area contributed by atoms with E-state index in [1.165, 1.54) is 0 Å². The summed E-state index contributed by atoms with van der Waals surface area (Å²) < 4.78 is 0. The van der Waals surface area contributed by atoms with Gasteiger partial charge in [0.05, 0.1) is 10.5 Å². The Balaban J connectivity index is 1.78. The Bertz CT molecular complexity index is 1040. The molecule has 1 aliphatic rings. The molecule has 0 bridgehead atoms. The van der Waals surface area contributed by atoms with E-state index in [4.69, 9.17) is 0 Å². The molecule has 1 fully saturated rings. The molecule has 1 heterocycles. The van der Waals surface area contributed by atoms with E-state index < -0.39 is 0 Å². The summed E-state index contributed by atoms with van der Waals surface area (Å²) in [6.07, 6.45) is -0.294. The van der Waals surface area contributed by atoms with Crippen LogP contribution in [0, 0.1) is 17.0 Å². The molecule has 0 spiro atoms. The van der Waals surface area contributed by atoms with Gasteiger partial charge in [-0.05, 0) is 36.8 Å². The van der Waals surface area contributed by atoms with Crippen molar-refractivity contribution >= 4 is 11.4 Å². The van der Waals surface area contributed by atoms with E-state index in [9.17, 15) is 15.2 Å². The molecule has 0 aliphatic carbocycles. The van der Waals surface area contributed by atoms with Gasteiger partial charge < -0.3 is 10.0 Å². The number of phenols is 1. The van der Waals surface area contributed by atoms with E-state index in [2.05, 4.69) is 15.9 Å². The first-order valence-electron chi connectivity index (χ1n) is 9.62. The third-order valence-corrected chi connectivity index (χ3v) is 5.38. The second-order valence-corrected chi connectivity index (χ2v) is 7.32. The lowest BCUT2D eigenvalue weighted by Crippen LogP contribution is -2.31. The van der Waals surface area contributed by atoms with Crippen molar-refractivity contribution in [2.24, 2.45) is 0 Å². The van der Waals surface area contributed by atoms with Crippen molar-refractivity contribution in [2.45, 2.75) is 19.6 Å². The highest BCUT2D eigenvalue weighted by Crippen LogP contribution is 2.39. The standard InChI is InChI=1S/C23H23N3O3/c1-17-7-6-9-19(15-17)25-14-13-24(16-18-8-2-5-12-22(18)27)23(25)20-10-3-4-11-21(20)26(28)29/h2-12,15,23,27H,13-14,16H2,1H3. The topological polar surface area (TPSA) is 69.8 Å². The summed E-state index contributed by atoms with van der Waals surface area (Å²) in [4.78, 5) is 15.8. The van der Waals surface area contributed by atoms with Gasteiger partial charge in [0.2, 0.25) is 0 Å². The molecular formula is C23H23N3O3. The molecule has 1 atom stereocenters. The van der Waals surface area contributed by atoms with Crippen molar-refractivity contribution in [1.82, 2.24) is 4.90 Å². The fourth-order valence-corrected chi connectivity index (χ4v) is 4.02. The van der Waals surface area contributed by atoms with Crippen LogP contribution in [0.5, 0.6) is 5.75 Å². The number of rotatable bonds is 5. The number of nitro groups is 1. The maximum Gasteiger partial charge on any atom is 0.276 e. The zero-order valence-corrected chi connectivity index (χ0v) is 16.2. The quantitative estimate of drug-likeness (QED) is 0.509. The van der Waals surface area contributed by atoms with Crippen molar-refractivity contribution in [3.8, 4) is 5.75 Å². The maximum atomic E-state index is 11.7. The number of benzene rings is 3. The Hall–Kier alpha value is -3.38. The van der Waals surface area contributed by atoms with Gasteiger partial charge in [0.1, 0.15) is 11.9 Å². The summed E-state index contributed by atoms with van der Waals surface area (Å²) in [5, 5.41) is 22.0. The Morgan fingerprint density at radius 1 is 1.03 bits per heavy atom. The van der Waals surface area contributed by atoms with Gasteiger partial charge in [-0.2, -0.15) is 0 Å². The van der Waals surface area contributed by atoms with Crippen LogP contribution in [0.15, 0.2) is 72.8 Å². The maximum absolute atomic E-state index is 11.7. The highest BCUT2D eigenvalue weighted by molar-refractivity contribution is 5.54. The molecular weight excluding hydrogens is 366 g/mol. The minimum absolute atomic E-state index is 0.110. The summed E-state index contributed by atoms with van der Waals surface area (Å²) in [5.74, 6) is 0.239. The SMILES string of the molecule is Cc1cccc(N2CCN(Cc3ccccc3O)C2c2ccccc2[N+](=O)[O-])c1. The normalized spacial score (nSPS) is 16.9. The minimum Gasteiger partial charge on any atom is -0.508 e. The van der Waals surface area contributed by atoms with Crippen LogP contribution in [0.25, 0.3) is 0 Å². The molecule has 148 valence electrons. The van der Waals surface area contributed by atoms with Crippen LogP contribution in [0.2, 0.25) is 0 Å². The van der Waals surface area contributed by atoms with Crippen LogP contribution in [0.3, 0.4) is 0 Å². The van der Waals surface area contributed by atoms with Crippen molar-refractivity contribution < 1.29 is 10.0 Å². The van der Waals surface area contributed by atoms with Crippen molar-refractivity contribution in [3.05, 3.63) is 99.6 Å². The molecule has 4 rings (SSSR count). The van der Waals surface area contributed by atoms with E-state index in [1.807, 2.05) is 49.4 Å². The molecule has 0 amide bonds. The molecule has 3 aromatic rings. The van der Waals surface area contributed by atoms with Crippen LogP contribution in [-0.2, 0) is 6.54 Å². The van der Waals surface area contributed by atoms with E-state index in [1.54, 1.807) is 24.3 Å². The van der Waals surface area contributed by atoms with Gasteiger partial charge >= 0.3 is 0 Å². The Morgan fingerprint density at radius 3 is 2.55 bits per heavy atom. The predicted octanol–water partition coefficient (Wildman–Crippen LogP) is 4.63. The molecule has 29 heavy (non-hydrogen) atoms. The molecule has 0 radical (unpaired) electrons. The van der Waals surface area contributed by atoms with Gasteiger partial charge in [0, 0.05) is 37.0 Å². The lowest BCUT2D eigenvalue weighted by atomic mass is 10.1. The summed E-state index contributed by atoms with van der Waals surface area (Å²) in [6.45, 7) is 4.03. The van der Waals surface area contributed by atoms with Gasteiger partial charge in [-0.15, -0.1) is 0 Å². The van der Waals surface area contributed by atoms with Crippen LogP contribution in [0.1, 0.15) is 22.9 Å². The number of aryl methyl sites for hydroxylation is 1. The molecule has 0 aromatic heterocycles. The molecule has 1 aliphatic heterocycles. The van der Waals surface area contributed by atoms with E-state index >= 15 is 0 Å². The molecule has 0 saturated carbocycles. The lowest BCUT2D eigenvalue weighted by molar-refractivity contribution is -0.386. The third-order valence-electron chi connectivity index (χ3n) is 5.38. The van der Waals surface area contributed by atoms with E-state index in [0.29, 0.717) is 12.1 Å². The molecule has 1 N–H and O–H groups in total. The number of aromatic hydroxyl groups is 1. The smallest absolute Gasteiger partial charge is 0.276 e. The van der Waals surface area contributed by atoms with Gasteiger partial charge in [-0.1, -0.05) is 42.5 Å². The number of para-hydroxylation sites is 2. The monoisotopic (exact) mass is 389 g/mol. The second-order valence-electron chi connectivity index (χ2n) is 7.32. The van der Waals surface area contributed by atoms with Gasteiger partial charge in [0.15, 0.2) is 0 Å². The fraction of sp³-hybridized carbons (Fsp3) is 0.217. The first kappa shape index (κ1) is 19.0. The number of anilines is 1. The zero-order chi connectivity index (χ0) is 20.4. The summed E-state index contributed by atoms with van der Waals surface area (Å²) in [7, 11) is 0. The van der Waals surface area contributed by atoms with Crippen LogP contribution in [-0.4, -0.2) is 28.0 Å². The average Bonchev–Trinajstić information content (AvgIpc) is 3.13. The number of nitrogens with zero attached hydrogens (tertiary/aromatic N) is 3. The highest BCUT2D eigenvalue weighted by atomic mass is 16.6. The molecule has 6 heteroatoms. The van der Waals surface area contributed by atoms with Gasteiger partial charge in [0.25, 0.3) is 5.69 Å². The first-order valence-corrected chi connectivity index (χ1v) is 9.62. The number of phenolic OH excluding ortho intramolecular Hbond substituents is 1. The van der Waals surface area contributed by atoms with Crippen LogP contribution in [0.4, 0.5) is 11.4 Å².